The van der Waals surface area contributed by atoms with E-state index in [1.807, 2.05) is 0 Å². The van der Waals surface area contributed by atoms with Gasteiger partial charge in [-0.05, 0) is 29.3 Å². The average molecular weight is 202 g/mol. The van der Waals surface area contributed by atoms with Crippen molar-refractivity contribution >= 4 is 15.9 Å². The van der Waals surface area contributed by atoms with Crippen molar-refractivity contribution < 1.29 is 0 Å². The molecule has 1 aliphatic rings. The fourth-order valence-electron chi connectivity index (χ4n) is 1.00. The summed E-state index contributed by atoms with van der Waals surface area (Å²) in [7, 11) is 0. The molecule has 0 amide bonds. The summed E-state index contributed by atoms with van der Waals surface area (Å²) in [5.74, 6) is 0. The number of hydrogen-bond donors (Lipinski definition) is 0. The minimum atomic E-state index is 0.0544. The quantitative estimate of drug-likeness (QED) is 0.356. The van der Waals surface area contributed by atoms with Gasteiger partial charge in [0.05, 0.1) is 6.04 Å². The van der Waals surface area contributed by atoms with Crippen molar-refractivity contribution in [3.63, 3.8) is 0 Å². The number of allylic oxidation sites excluding steroid dienone is 1. The molecule has 0 radical (unpaired) electrons. The predicted octanol–water partition coefficient (Wildman–Crippen LogP) is 3.13. The monoisotopic (exact) mass is 201 g/mol. The molecule has 0 saturated heterocycles. The molecule has 4 heteroatoms. The van der Waals surface area contributed by atoms with Gasteiger partial charge in [0.15, 0.2) is 0 Å². The van der Waals surface area contributed by atoms with Gasteiger partial charge in [-0.1, -0.05) is 27.1 Å². The predicted molar refractivity (Wildman–Crippen MR) is 43.8 cm³/mol. The second-order valence-corrected chi connectivity index (χ2v) is 3.16. The van der Waals surface area contributed by atoms with E-state index >= 15 is 0 Å². The first kappa shape index (κ1) is 7.63. The van der Waals surface area contributed by atoms with Crippen LogP contribution in [0.5, 0.6) is 0 Å². The maximum absolute atomic E-state index is 8.15. The average Bonchev–Trinajstić information content (AvgIpc) is 1.94. The SMILES string of the molecule is [N-]=[N+]=NC1CCCC=C1Br. The van der Waals surface area contributed by atoms with E-state index in [1.54, 1.807) is 0 Å². The normalized spacial score (nSPS) is 24.9. The molecule has 1 rings (SSSR count). The Morgan fingerprint density at radius 3 is 3.20 bits per heavy atom. The first-order chi connectivity index (χ1) is 4.84. The van der Waals surface area contributed by atoms with Gasteiger partial charge in [0, 0.05) is 4.91 Å². The van der Waals surface area contributed by atoms with Gasteiger partial charge in [-0.3, -0.25) is 0 Å². The maximum Gasteiger partial charge on any atom is 0.0688 e. The minimum absolute atomic E-state index is 0.0544. The molecule has 1 aliphatic carbocycles. The van der Waals surface area contributed by atoms with Crippen LogP contribution in [0.25, 0.3) is 10.4 Å². The molecule has 10 heavy (non-hydrogen) atoms. The van der Waals surface area contributed by atoms with Crippen LogP contribution < -0.4 is 0 Å². The third kappa shape index (κ3) is 1.75. The number of hydrogen-bond acceptors (Lipinski definition) is 1. The molecule has 0 spiro atoms. The number of rotatable bonds is 1. The van der Waals surface area contributed by atoms with E-state index in [-0.39, 0.29) is 6.04 Å². The van der Waals surface area contributed by atoms with Gasteiger partial charge < -0.3 is 0 Å². The fourth-order valence-corrected chi connectivity index (χ4v) is 1.55. The van der Waals surface area contributed by atoms with Crippen molar-refractivity contribution in [2.75, 3.05) is 0 Å². The zero-order valence-electron chi connectivity index (χ0n) is 5.50. The highest BCUT2D eigenvalue weighted by molar-refractivity contribution is 9.11. The summed E-state index contributed by atoms with van der Waals surface area (Å²) >= 11 is 3.35. The molecule has 3 nitrogen and oxygen atoms in total. The smallest absolute Gasteiger partial charge is 0.0688 e. The van der Waals surface area contributed by atoms with Crippen molar-refractivity contribution in [2.45, 2.75) is 25.3 Å². The summed E-state index contributed by atoms with van der Waals surface area (Å²) in [5, 5.41) is 3.63. The first-order valence-corrected chi connectivity index (χ1v) is 4.03. The van der Waals surface area contributed by atoms with Crippen LogP contribution in [0.1, 0.15) is 19.3 Å². The van der Waals surface area contributed by atoms with Crippen LogP contribution in [0.3, 0.4) is 0 Å². The molecule has 0 aromatic heterocycles. The maximum atomic E-state index is 8.15. The summed E-state index contributed by atoms with van der Waals surface area (Å²) in [6.45, 7) is 0. The van der Waals surface area contributed by atoms with Gasteiger partial charge in [0.25, 0.3) is 0 Å². The van der Waals surface area contributed by atoms with Crippen molar-refractivity contribution in [3.05, 3.63) is 21.0 Å². The van der Waals surface area contributed by atoms with Gasteiger partial charge in [-0.15, -0.1) is 0 Å². The van der Waals surface area contributed by atoms with Crippen molar-refractivity contribution in [1.82, 2.24) is 0 Å². The highest BCUT2D eigenvalue weighted by atomic mass is 79.9. The van der Waals surface area contributed by atoms with Crippen molar-refractivity contribution in [3.8, 4) is 0 Å². The molecular formula is C6H8BrN3. The minimum Gasteiger partial charge on any atom is -0.0854 e. The Kier molecular flexibility index (Phi) is 2.78. The summed E-state index contributed by atoms with van der Waals surface area (Å²) in [6.07, 6.45) is 5.26. The lowest BCUT2D eigenvalue weighted by Gasteiger charge is -2.13. The van der Waals surface area contributed by atoms with E-state index < -0.39 is 0 Å². The molecule has 0 aromatic carbocycles. The third-order valence-corrected chi connectivity index (χ3v) is 2.38. The highest BCUT2D eigenvalue weighted by Crippen LogP contribution is 2.25. The third-order valence-electron chi connectivity index (χ3n) is 1.53. The largest absolute Gasteiger partial charge is 0.0854 e. The molecule has 0 aliphatic heterocycles. The number of halogens is 1. The summed E-state index contributed by atoms with van der Waals surface area (Å²) < 4.78 is 1.04. The number of nitrogens with zero attached hydrogens (tertiary/aromatic N) is 3. The molecule has 0 N–H and O–H groups in total. The molecule has 0 fully saturated rings. The zero-order chi connectivity index (χ0) is 7.40. The molecule has 0 aromatic rings. The molecule has 0 saturated carbocycles. The fraction of sp³-hybridized carbons (Fsp3) is 0.667. The van der Waals surface area contributed by atoms with Crippen LogP contribution in [0.15, 0.2) is 15.7 Å². The highest BCUT2D eigenvalue weighted by Gasteiger charge is 2.12. The van der Waals surface area contributed by atoms with Gasteiger partial charge in [-0.2, -0.15) is 0 Å². The molecule has 1 atom stereocenters. The molecular weight excluding hydrogens is 194 g/mol. The summed E-state index contributed by atoms with van der Waals surface area (Å²) in [4.78, 5) is 2.76. The zero-order valence-corrected chi connectivity index (χ0v) is 7.08. The van der Waals surface area contributed by atoms with Gasteiger partial charge in [0.2, 0.25) is 0 Å². The van der Waals surface area contributed by atoms with Crippen LogP contribution in [0.2, 0.25) is 0 Å². The van der Waals surface area contributed by atoms with Crippen LogP contribution in [-0.4, -0.2) is 6.04 Å². The lowest BCUT2D eigenvalue weighted by atomic mass is 10.0. The van der Waals surface area contributed by atoms with Gasteiger partial charge >= 0.3 is 0 Å². The Hall–Kier alpha value is -0.470. The summed E-state index contributed by atoms with van der Waals surface area (Å²) in [6, 6.07) is 0.0544. The molecule has 0 heterocycles. The van der Waals surface area contributed by atoms with E-state index in [2.05, 4.69) is 32.0 Å². The summed E-state index contributed by atoms with van der Waals surface area (Å²) in [5.41, 5.74) is 8.15. The molecule has 54 valence electrons. The standard InChI is InChI=1S/C6H8BrN3/c7-5-3-1-2-4-6(5)9-10-8/h3,6H,1-2,4H2. The van der Waals surface area contributed by atoms with Gasteiger partial charge in [-0.25, -0.2) is 0 Å². The van der Waals surface area contributed by atoms with E-state index in [4.69, 9.17) is 5.53 Å². The second kappa shape index (κ2) is 3.64. The second-order valence-electron chi connectivity index (χ2n) is 2.24. The van der Waals surface area contributed by atoms with Crippen molar-refractivity contribution in [1.29, 1.82) is 0 Å². The van der Waals surface area contributed by atoms with E-state index in [0.29, 0.717) is 0 Å². The van der Waals surface area contributed by atoms with Gasteiger partial charge in [0.1, 0.15) is 0 Å². The van der Waals surface area contributed by atoms with E-state index in [9.17, 15) is 0 Å². The van der Waals surface area contributed by atoms with Crippen LogP contribution in [-0.2, 0) is 0 Å². The molecule has 1 unspecified atom stereocenters. The Bertz CT molecular complexity index is 193. The van der Waals surface area contributed by atoms with Crippen molar-refractivity contribution in [2.24, 2.45) is 5.11 Å². The number of azide groups is 1. The lowest BCUT2D eigenvalue weighted by Crippen LogP contribution is -2.06. The lowest BCUT2D eigenvalue weighted by molar-refractivity contribution is 0.636. The van der Waals surface area contributed by atoms with Crippen LogP contribution in [0, 0.1) is 0 Å². The Balaban J connectivity index is 2.66. The van der Waals surface area contributed by atoms with E-state index in [0.717, 1.165) is 23.7 Å². The Morgan fingerprint density at radius 2 is 2.60 bits per heavy atom. The Labute approximate surface area is 67.9 Å². The topological polar surface area (TPSA) is 48.8 Å². The van der Waals surface area contributed by atoms with E-state index in [1.165, 1.54) is 0 Å². The first-order valence-electron chi connectivity index (χ1n) is 3.24. The van der Waals surface area contributed by atoms with Crippen LogP contribution in [0.4, 0.5) is 0 Å². The Morgan fingerprint density at radius 1 is 1.80 bits per heavy atom. The molecule has 0 bridgehead atoms. The van der Waals surface area contributed by atoms with Crippen LogP contribution >= 0.6 is 15.9 Å².